The van der Waals surface area contributed by atoms with Crippen LogP contribution >= 0.6 is 22.6 Å². The molecule has 2 N–H and O–H groups in total. The molecule has 0 aliphatic heterocycles. The topological polar surface area (TPSA) is 127 Å². The normalized spacial score (nSPS) is 11.3. The van der Waals surface area contributed by atoms with E-state index >= 15 is 0 Å². The van der Waals surface area contributed by atoms with Gasteiger partial charge in [0.05, 0.1) is 37.7 Å². The summed E-state index contributed by atoms with van der Waals surface area (Å²) in [6, 6.07) is 4.17. The number of nitrogens with one attached hydrogen (secondary N) is 2. The van der Waals surface area contributed by atoms with E-state index < -0.39 is 0 Å². The first-order valence-electron chi connectivity index (χ1n) is 12.8. The summed E-state index contributed by atoms with van der Waals surface area (Å²) in [4.78, 5) is 15.6. The van der Waals surface area contributed by atoms with Gasteiger partial charge in [0, 0.05) is 70.9 Å². The average Bonchev–Trinajstić information content (AvgIpc) is 3.77. The first-order chi connectivity index (χ1) is 19.3. The van der Waals surface area contributed by atoms with Crippen LogP contribution in [0.15, 0.2) is 58.4 Å². The molecule has 0 amide bonds. The van der Waals surface area contributed by atoms with Crippen molar-refractivity contribution in [1.29, 1.82) is 0 Å². The summed E-state index contributed by atoms with van der Waals surface area (Å²) in [5.41, 5.74) is 11.9. The number of aromatic amines is 2. The van der Waals surface area contributed by atoms with Gasteiger partial charge in [0.15, 0.2) is 0 Å². The second-order valence-electron chi connectivity index (χ2n) is 9.56. The number of fused-ring (bicyclic) bond motifs is 2. The zero-order chi connectivity index (χ0) is 28.0. The summed E-state index contributed by atoms with van der Waals surface area (Å²) in [6.45, 7) is 10.6. The van der Waals surface area contributed by atoms with Crippen molar-refractivity contribution in [3.05, 3.63) is 75.8 Å². The smallest absolute Gasteiger partial charge is 0.141 e. The molecule has 0 atom stereocenters. The number of halogens is 1. The zero-order valence-electron chi connectivity index (χ0n) is 22.7. The molecule has 0 saturated heterocycles. The van der Waals surface area contributed by atoms with E-state index in [0.29, 0.717) is 0 Å². The lowest BCUT2D eigenvalue weighted by Crippen LogP contribution is -1.91. The van der Waals surface area contributed by atoms with Gasteiger partial charge < -0.3 is 19.0 Å². The van der Waals surface area contributed by atoms with Gasteiger partial charge in [0.2, 0.25) is 0 Å². The number of rotatable bonds is 4. The van der Waals surface area contributed by atoms with Crippen molar-refractivity contribution in [3.8, 4) is 33.4 Å². The molecule has 202 valence electrons. The standard InChI is InChI=1S/C17H17N5O.C12H10IN3O/c1-4-22-9-13(7-20-22)14-8-18-15-5-12(6-19-17(14)15)16-10(2)21-23-11(16)3;1-6-11(7(2)17-16-6)8-3-10-12(15-4-8)9(13)5-14-10/h5-9,18H,4H2,1-3H3;3-5,14H,1-2H3. The Morgan fingerprint density at radius 1 is 0.775 bits per heavy atom. The number of pyridine rings is 2. The van der Waals surface area contributed by atoms with Crippen molar-refractivity contribution in [2.24, 2.45) is 0 Å². The minimum absolute atomic E-state index is 0.805. The molecule has 10 nitrogen and oxygen atoms in total. The third-order valence-corrected chi connectivity index (χ3v) is 7.72. The molecule has 7 aromatic rings. The minimum Gasteiger partial charge on any atom is -0.361 e. The average molecular weight is 646 g/mol. The number of aryl methyl sites for hydroxylation is 5. The third kappa shape index (κ3) is 4.59. The quantitative estimate of drug-likeness (QED) is 0.194. The van der Waals surface area contributed by atoms with Crippen LogP contribution in [0.1, 0.15) is 29.8 Å². The molecule has 0 radical (unpaired) electrons. The largest absolute Gasteiger partial charge is 0.361 e. The maximum absolute atomic E-state index is 5.25. The monoisotopic (exact) mass is 646 g/mol. The van der Waals surface area contributed by atoms with Crippen LogP contribution in [0.2, 0.25) is 0 Å². The molecule has 0 unspecified atom stereocenters. The van der Waals surface area contributed by atoms with Gasteiger partial charge in [-0.05, 0) is 69.3 Å². The minimum atomic E-state index is 0.805. The molecule has 7 aromatic heterocycles. The van der Waals surface area contributed by atoms with Crippen LogP contribution in [0.4, 0.5) is 0 Å². The van der Waals surface area contributed by atoms with Gasteiger partial charge in [-0.3, -0.25) is 14.6 Å². The summed E-state index contributed by atoms with van der Waals surface area (Å²) in [5, 5.41) is 12.3. The molecule has 0 saturated carbocycles. The molecule has 0 spiro atoms. The van der Waals surface area contributed by atoms with E-state index in [1.54, 1.807) is 0 Å². The van der Waals surface area contributed by atoms with Crippen molar-refractivity contribution >= 4 is 44.7 Å². The highest BCUT2D eigenvalue weighted by molar-refractivity contribution is 14.1. The Balaban J connectivity index is 0.000000151. The fourth-order valence-electron chi connectivity index (χ4n) is 4.94. The Morgan fingerprint density at radius 2 is 1.35 bits per heavy atom. The Morgan fingerprint density at radius 3 is 1.90 bits per heavy atom. The summed E-state index contributed by atoms with van der Waals surface area (Å²) in [5.74, 6) is 1.63. The Labute approximate surface area is 243 Å². The SMILES string of the molecule is CCn1cc(-c2c[nH]c3cc(-c4c(C)noc4C)cnc23)cn1.Cc1noc(C)c1-c1cnc2c(I)c[nH]c2c1. The van der Waals surface area contributed by atoms with Crippen LogP contribution in [0.25, 0.3) is 55.4 Å². The second kappa shape index (κ2) is 10.4. The number of aromatic nitrogens is 8. The molecule has 7 heterocycles. The second-order valence-corrected chi connectivity index (χ2v) is 10.7. The van der Waals surface area contributed by atoms with Gasteiger partial charge in [-0.1, -0.05) is 10.3 Å². The van der Waals surface area contributed by atoms with Gasteiger partial charge in [0.1, 0.15) is 17.0 Å². The number of hydrogen-bond acceptors (Lipinski definition) is 7. The fraction of sp³-hybridized carbons (Fsp3) is 0.207. The lowest BCUT2D eigenvalue weighted by Gasteiger charge is -2.01. The highest BCUT2D eigenvalue weighted by Gasteiger charge is 2.16. The molecule has 0 aromatic carbocycles. The third-order valence-electron chi connectivity index (χ3n) is 6.90. The van der Waals surface area contributed by atoms with Crippen molar-refractivity contribution in [1.82, 2.24) is 40.0 Å². The fourth-order valence-corrected chi connectivity index (χ4v) is 5.53. The van der Waals surface area contributed by atoms with Crippen molar-refractivity contribution in [3.63, 3.8) is 0 Å². The first kappa shape index (κ1) is 26.0. The van der Waals surface area contributed by atoms with Gasteiger partial charge in [0.25, 0.3) is 0 Å². The first-order valence-corrected chi connectivity index (χ1v) is 13.9. The highest BCUT2D eigenvalue weighted by atomic mass is 127. The maximum atomic E-state index is 5.25. The molecule has 40 heavy (non-hydrogen) atoms. The van der Waals surface area contributed by atoms with Crippen LogP contribution in [0.3, 0.4) is 0 Å². The highest BCUT2D eigenvalue weighted by Crippen LogP contribution is 2.32. The van der Waals surface area contributed by atoms with E-state index in [2.05, 4.69) is 77.0 Å². The number of H-pyrrole nitrogens is 2. The van der Waals surface area contributed by atoms with Gasteiger partial charge in [-0.25, -0.2) is 0 Å². The zero-order valence-corrected chi connectivity index (χ0v) is 24.9. The molecule has 11 heteroatoms. The van der Waals surface area contributed by atoms with Gasteiger partial charge >= 0.3 is 0 Å². The molecule has 0 fully saturated rings. The van der Waals surface area contributed by atoms with E-state index in [9.17, 15) is 0 Å². The van der Waals surface area contributed by atoms with Crippen molar-refractivity contribution in [2.75, 3.05) is 0 Å². The Bertz CT molecular complexity index is 1930. The van der Waals surface area contributed by atoms with Crippen LogP contribution in [-0.4, -0.2) is 40.0 Å². The Kier molecular flexibility index (Phi) is 6.74. The predicted octanol–water partition coefficient (Wildman–Crippen LogP) is 7.16. The maximum Gasteiger partial charge on any atom is 0.141 e. The van der Waals surface area contributed by atoms with Crippen LogP contribution in [0, 0.1) is 31.3 Å². The molecule has 0 aliphatic rings. The van der Waals surface area contributed by atoms with E-state index in [0.717, 1.165) is 88.5 Å². The number of nitrogens with zero attached hydrogens (tertiary/aromatic N) is 6. The van der Waals surface area contributed by atoms with Crippen molar-refractivity contribution < 1.29 is 9.05 Å². The summed E-state index contributed by atoms with van der Waals surface area (Å²) >= 11 is 2.27. The summed E-state index contributed by atoms with van der Waals surface area (Å²) in [6.07, 6.45) is 11.6. The lowest BCUT2D eigenvalue weighted by molar-refractivity contribution is 0.393. The van der Waals surface area contributed by atoms with E-state index in [1.165, 1.54) is 0 Å². The molecule has 0 aliphatic carbocycles. The lowest BCUT2D eigenvalue weighted by atomic mass is 10.1. The molecule has 7 rings (SSSR count). The van der Waals surface area contributed by atoms with Crippen LogP contribution < -0.4 is 0 Å². The van der Waals surface area contributed by atoms with Crippen LogP contribution in [-0.2, 0) is 6.54 Å². The van der Waals surface area contributed by atoms with Crippen LogP contribution in [0.5, 0.6) is 0 Å². The van der Waals surface area contributed by atoms with E-state index in [1.807, 2.05) is 69.6 Å². The van der Waals surface area contributed by atoms with Gasteiger partial charge in [-0.15, -0.1) is 0 Å². The summed E-state index contributed by atoms with van der Waals surface area (Å²) < 4.78 is 13.5. The van der Waals surface area contributed by atoms with E-state index in [4.69, 9.17) is 9.05 Å². The predicted molar refractivity (Wildman–Crippen MR) is 162 cm³/mol. The molecule has 0 bridgehead atoms. The number of hydrogen-bond donors (Lipinski definition) is 2. The van der Waals surface area contributed by atoms with Gasteiger partial charge in [-0.2, -0.15) is 5.10 Å². The summed E-state index contributed by atoms with van der Waals surface area (Å²) in [7, 11) is 0. The van der Waals surface area contributed by atoms with E-state index in [-0.39, 0.29) is 0 Å². The Hall–Kier alpha value is -4.26. The molecular weight excluding hydrogens is 619 g/mol. The van der Waals surface area contributed by atoms with Crippen molar-refractivity contribution in [2.45, 2.75) is 41.2 Å². The molecular formula is C29H27IN8O2.